The third-order valence-electron chi connectivity index (χ3n) is 8.46. The molecule has 1 atom stereocenters. The Kier molecular flexibility index (Phi) is 7.87. The van der Waals surface area contributed by atoms with Crippen LogP contribution in [-0.2, 0) is 4.74 Å². The molecule has 4 heterocycles. The molecule has 1 aliphatic carbocycles. The molecule has 3 aromatic rings. The molecular weight excluding hydrogens is 507 g/mol. The van der Waals surface area contributed by atoms with E-state index in [1.165, 1.54) is 4.57 Å². The van der Waals surface area contributed by atoms with E-state index in [4.69, 9.17) is 14.7 Å². The van der Waals surface area contributed by atoms with Crippen LogP contribution in [0.4, 0.5) is 24.9 Å². The van der Waals surface area contributed by atoms with E-state index in [0.29, 0.717) is 66.9 Å². The van der Waals surface area contributed by atoms with Crippen molar-refractivity contribution in [1.29, 1.82) is 0 Å². The number of nitrogens with one attached hydrogen (secondary N) is 1. The zero-order valence-corrected chi connectivity index (χ0v) is 22.1. The maximum absolute atomic E-state index is 14.1. The normalized spacial score (nSPS) is 24.6. The zero-order valence-electron chi connectivity index (χ0n) is 22.1. The zero-order chi connectivity index (χ0) is 26.8. The summed E-state index contributed by atoms with van der Waals surface area (Å²) in [6.45, 7) is 3.91. The first-order chi connectivity index (χ1) is 19.1. The van der Waals surface area contributed by atoms with Gasteiger partial charge in [0.2, 0.25) is 5.95 Å². The van der Waals surface area contributed by atoms with Crippen molar-refractivity contribution in [3.63, 3.8) is 0 Å². The summed E-state index contributed by atoms with van der Waals surface area (Å²) in [5, 5.41) is 3.49. The summed E-state index contributed by atoms with van der Waals surface area (Å²) in [7, 11) is 0. The number of rotatable bonds is 8. The number of hydrogen-bond donors (Lipinski definition) is 1. The molecule has 0 radical (unpaired) electrons. The van der Waals surface area contributed by atoms with E-state index in [2.05, 4.69) is 15.2 Å². The van der Waals surface area contributed by atoms with Gasteiger partial charge in [0, 0.05) is 37.8 Å². The van der Waals surface area contributed by atoms with Gasteiger partial charge in [0.25, 0.3) is 6.43 Å². The lowest BCUT2D eigenvalue weighted by Crippen LogP contribution is -2.42. The lowest BCUT2D eigenvalue weighted by atomic mass is 9.85. The van der Waals surface area contributed by atoms with E-state index in [0.717, 1.165) is 51.6 Å². The number of ether oxygens (including phenoxy) is 1. The summed E-state index contributed by atoms with van der Waals surface area (Å²) in [5.41, 5.74) is 1.08. The highest BCUT2D eigenvalue weighted by atomic mass is 19.3. The Morgan fingerprint density at radius 2 is 1.77 bits per heavy atom. The molecule has 0 spiro atoms. The second-order valence-corrected chi connectivity index (χ2v) is 10.8. The van der Waals surface area contributed by atoms with Crippen LogP contribution in [0.3, 0.4) is 0 Å². The Balaban J connectivity index is 1.23. The highest BCUT2D eigenvalue weighted by Crippen LogP contribution is 2.33. The highest BCUT2D eigenvalue weighted by molar-refractivity contribution is 5.78. The van der Waals surface area contributed by atoms with Crippen molar-refractivity contribution in [1.82, 2.24) is 24.4 Å². The van der Waals surface area contributed by atoms with Gasteiger partial charge < -0.3 is 15.0 Å². The molecule has 1 aromatic carbocycles. The molecule has 2 aromatic heterocycles. The van der Waals surface area contributed by atoms with Crippen LogP contribution in [0.2, 0.25) is 0 Å². The van der Waals surface area contributed by atoms with Gasteiger partial charge in [-0.1, -0.05) is 12.1 Å². The summed E-state index contributed by atoms with van der Waals surface area (Å²) in [4.78, 5) is 18.1. The van der Waals surface area contributed by atoms with Gasteiger partial charge in [-0.25, -0.2) is 18.2 Å². The fraction of sp³-hybridized carbons (Fsp3) is 0.607. The van der Waals surface area contributed by atoms with E-state index in [9.17, 15) is 13.2 Å². The smallest absolute Gasteiger partial charge is 0.296 e. The Labute approximate surface area is 226 Å². The van der Waals surface area contributed by atoms with E-state index < -0.39 is 6.43 Å². The highest BCUT2D eigenvalue weighted by Gasteiger charge is 2.33. The summed E-state index contributed by atoms with van der Waals surface area (Å²) in [6.07, 6.45) is 3.62. The quantitative estimate of drug-likeness (QED) is 0.429. The molecule has 3 aliphatic rings. The van der Waals surface area contributed by atoms with Crippen LogP contribution < -0.4 is 10.2 Å². The van der Waals surface area contributed by atoms with Crippen molar-refractivity contribution in [2.45, 2.75) is 57.0 Å². The van der Waals surface area contributed by atoms with Gasteiger partial charge >= 0.3 is 0 Å². The van der Waals surface area contributed by atoms with Crippen LogP contribution in [0.15, 0.2) is 30.3 Å². The third kappa shape index (κ3) is 5.56. The first-order valence-electron chi connectivity index (χ1n) is 14.1. The van der Waals surface area contributed by atoms with E-state index in [1.54, 1.807) is 24.3 Å². The van der Waals surface area contributed by atoms with Gasteiger partial charge in [-0.15, -0.1) is 0 Å². The van der Waals surface area contributed by atoms with Gasteiger partial charge in [-0.05, 0) is 63.1 Å². The molecule has 8 nitrogen and oxygen atoms in total. The van der Waals surface area contributed by atoms with E-state index in [1.807, 2.05) is 11.0 Å². The van der Waals surface area contributed by atoms with Crippen molar-refractivity contribution >= 4 is 22.8 Å². The van der Waals surface area contributed by atoms with Crippen LogP contribution in [0.5, 0.6) is 0 Å². The SMILES string of the molecule is FC[C@@H]1CCCN1[C@H]1CC[C@H](CNc2cc(-n3c(C(F)F)nc4ccccc43)nc(N3CCOCC3)n2)CC1. The molecule has 0 bridgehead atoms. The number of alkyl halides is 3. The molecule has 1 saturated carbocycles. The topological polar surface area (TPSA) is 71.3 Å². The van der Waals surface area contributed by atoms with Gasteiger partial charge in [0.05, 0.1) is 24.2 Å². The van der Waals surface area contributed by atoms with Gasteiger partial charge in [0.15, 0.2) is 5.82 Å². The van der Waals surface area contributed by atoms with Crippen LogP contribution in [-0.4, -0.2) is 82.6 Å². The number of imidazole rings is 1. The minimum Gasteiger partial charge on any atom is -0.378 e. The minimum atomic E-state index is -2.75. The molecule has 0 amide bonds. The number of nitrogens with zero attached hydrogens (tertiary/aromatic N) is 6. The van der Waals surface area contributed by atoms with Crippen LogP contribution >= 0.6 is 0 Å². The lowest BCUT2D eigenvalue weighted by molar-refractivity contribution is 0.111. The molecule has 0 unspecified atom stereocenters. The van der Waals surface area contributed by atoms with Crippen molar-refractivity contribution in [2.75, 3.05) is 56.3 Å². The predicted molar refractivity (Wildman–Crippen MR) is 145 cm³/mol. The average Bonchev–Trinajstić information content (AvgIpc) is 3.62. The number of morpholine rings is 1. The minimum absolute atomic E-state index is 0.0973. The number of aromatic nitrogens is 4. The number of anilines is 2. The Morgan fingerprint density at radius 3 is 2.54 bits per heavy atom. The fourth-order valence-electron chi connectivity index (χ4n) is 6.40. The number of benzene rings is 1. The predicted octanol–water partition coefficient (Wildman–Crippen LogP) is 4.99. The first-order valence-corrected chi connectivity index (χ1v) is 14.1. The molecule has 2 aliphatic heterocycles. The van der Waals surface area contributed by atoms with Gasteiger partial charge in [0.1, 0.15) is 18.3 Å². The largest absolute Gasteiger partial charge is 0.378 e. The standard InChI is InChI=1S/C28H36F3N7O/c29-17-21-4-3-11-37(21)20-9-7-19(8-10-20)18-32-24-16-25(35-28(34-24)36-12-14-39-15-13-36)38-23-6-2-1-5-22(23)33-27(38)26(30)31/h1-2,5-6,16,19-21,26H,3-4,7-15,17-18H2,(H,32,34,35)/t19-,20-,21-/m0/s1. The molecular formula is C28H36F3N7O. The molecule has 1 N–H and O–H groups in total. The number of para-hydroxylation sites is 2. The molecule has 210 valence electrons. The number of hydrogen-bond acceptors (Lipinski definition) is 7. The second-order valence-electron chi connectivity index (χ2n) is 10.8. The van der Waals surface area contributed by atoms with Crippen molar-refractivity contribution < 1.29 is 17.9 Å². The van der Waals surface area contributed by atoms with Gasteiger partial charge in [-0.2, -0.15) is 9.97 Å². The second kappa shape index (κ2) is 11.7. The van der Waals surface area contributed by atoms with Crippen LogP contribution in [0, 0.1) is 5.92 Å². The average molecular weight is 544 g/mol. The maximum atomic E-state index is 14.1. The molecule has 39 heavy (non-hydrogen) atoms. The molecule has 3 fully saturated rings. The Hall–Kier alpha value is -2.92. The number of likely N-dealkylation sites (tertiary alicyclic amines) is 1. The number of fused-ring (bicyclic) bond motifs is 1. The van der Waals surface area contributed by atoms with Crippen LogP contribution in [0.1, 0.15) is 50.8 Å². The fourth-order valence-corrected chi connectivity index (χ4v) is 6.40. The first kappa shape index (κ1) is 26.3. The molecule has 6 rings (SSSR count). The summed E-state index contributed by atoms with van der Waals surface area (Å²) in [5.74, 6) is 1.61. The van der Waals surface area contributed by atoms with Crippen molar-refractivity contribution in [2.24, 2.45) is 5.92 Å². The maximum Gasteiger partial charge on any atom is 0.296 e. The summed E-state index contributed by atoms with van der Waals surface area (Å²) < 4.78 is 48.6. The lowest BCUT2D eigenvalue weighted by Gasteiger charge is -2.37. The summed E-state index contributed by atoms with van der Waals surface area (Å²) >= 11 is 0. The summed E-state index contributed by atoms with van der Waals surface area (Å²) in [6, 6.07) is 9.43. The third-order valence-corrected chi connectivity index (χ3v) is 8.46. The monoisotopic (exact) mass is 543 g/mol. The van der Waals surface area contributed by atoms with Gasteiger partial charge in [-0.3, -0.25) is 9.47 Å². The Morgan fingerprint density at radius 1 is 0.974 bits per heavy atom. The van der Waals surface area contributed by atoms with Crippen molar-refractivity contribution in [3.8, 4) is 5.82 Å². The van der Waals surface area contributed by atoms with Crippen molar-refractivity contribution in [3.05, 3.63) is 36.2 Å². The molecule has 2 saturated heterocycles. The Bertz CT molecular complexity index is 1260. The van der Waals surface area contributed by atoms with Crippen LogP contribution in [0.25, 0.3) is 16.9 Å². The number of halogens is 3. The molecule has 11 heteroatoms. The van der Waals surface area contributed by atoms with E-state index in [-0.39, 0.29) is 18.5 Å². The van der Waals surface area contributed by atoms with E-state index >= 15 is 0 Å².